The van der Waals surface area contributed by atoms with Gasteiger partial charge in [0.25, 0.3) is 0 Å². The average Bonchev–Trinajstić information content (AvgIpc) is 3.33. The summed E-state index contributed by atoms with van der Waals surface area (Å²) in [5.74, 6) is 1.31. The van der Waals surface area contributed by atoms with E-state index in [1.54, 1.807) is 0 Å². The van der Waals surface area contributed by atoms with Crippen LogP contribution in [0.5, 0.6) is 0 Å². The monoisotopic (exact) mass is 397 g/mol. The van der Waals surface area contributed by atoms with E-state index in [4.69, 9.17) is 4.98 Å². The molecule has 6 nitrogen and oxygen atoms in total. The third kappa shape index (κ3) is 3.94. The summed E-state index contributed by atoms with van der Waals surface area (Å²) >= 11 is 1.53. The molecule has 1 aromatic carbocycles. The Hall–Kier alpha value is -2.28. The minimum atomic E-state index is -0.190. The zero-order chi connectivity index (χ0) is 19.5. The quantitative estimate of drug-likeness (QED) is 0.650. The van der Waals surface area contributed by atoms with Gasteiger partial charge in [0.15, 0.2) is 0 Å². The molecule has 148 valence electrons. The number of fused-ring (bicyclic) bond motifs is 1. The van der Waals surface area contributed by atoms with Gasteiger partial charge in [-0.15, -0.1) is 10.2 Å². The molecule has 0 saturated heterocycles. The number of imidazole rings is 1. The summed E-state index contributed by atoms with van der Waals surface area (Å²) in [6, 6.07) is 8.09. The Morgan fingerprint density at radius 2 is 2.04 bits per heavy atom. The van der Waals surface area contributed by atoms with Crippen molar-refractivity contribution in [3.63, 3.8) is 0 Å². The lowest BCUT2D eigenvalue weighted by atomic mass is 9.90. The fourth-order valence-corrected chi connectivity index (χ4v) is 4.90. The molecule has 1 amide bonds. The van der Waals surface area contributed by atoms with Gasteiger partial charge in [-0.1, -0.05) is 56.6 Å². The molecule has 0 radical (unpaired) electrons. The number of benzene rings is 1. The molecule has 3 aromatic rings. The van der Waals surface area contributed by atoms with Crippen molar-refractivity contribution in [3.05, 3.63) is 35.1 Å². The maximum atomic E-state index is 12.8. The zero-order valence-corrected chi connectivity index (χ0v) is 17.3. The number of aryl methyl sites for hydroxylation is 1. The highest BCUT2D eigenvalue weighted by molar-refractivity contribution is 7.15. The Kier molecular flexibility index (Phi) is 5.71. The molecule has 2 aromatic heterocycles. The van der Waals surface area contributed by atoms with Gasteiger partial charge < -0.3 is 9.88 Å². The van der Waals surface area contributed by atoms with Gasteiger partial charge in [-0.05, 0) is 25.0 Å². The lowest BCUT2D eigenvalue weighted by Crippen LogP contribution is -2.25. The molecular weight excluding hydrogens is 370 g/mol. The molecule has 0 bridgehead atoms. The fraction of sp³-hybridized carbons (Fsp3) is 0.524. The van der Waals surface area contributed by atoms with Crippen LogP contribution in [0.1, 0.15) is 62.7 Å². The van der Waals surface area contributed by atoms with Crippen LogP contribution in [-0.4, -0.2) is 25.7 Å². The summed E-state index contributed by atoms with van der Waals surface area (Å²) in [6.45, 7) is 4.65. The molecule has 28 heavy (non-hydrogen) atoms. The maximum absolute atomic E-state index is 12.8. The standard InChI is InChI=1S/C21H27N5OS/c1-3-18-22-16-11-7-8-12-17(16)26(18)13-14(2)19(27)23-21-25-24-20(28-21)15-9-5-4-6-10-15/h7-8,11-12,14-15H,3-6,9-10,13H2,1-2H3,(H,23,25,27). The smallest absolute Gasteiger partial charge is 0.230 e. The molecular formula is C21H27N5OS. The molecule has 1 aliphatic rings. The molecule has 1 N–H and O–H groups in total. The second-order valence-corrected chi connectivity index (χ2v) is 8.66. The molecule has 0 spiro atoms. The predicted molar refractivity (Wildman–Crippen MR) is 113 cm³/mol. The zero-order valence-electron chi connectivity index (χ0n) is 16.5. The van der Waals surface area contributed by atoms with Crippen molar-refractivity contribution in [1.29, 1.82) is 0 Å². The highest BCUT2D eigenvalue weighted by atomic mass is 32.1. The van der Waals surface area contributed by atoms with E-state index < -0.39 is 0 Å². The van der Waals surface area contributed by atoms with Crippen LogP contribution in [0.15, 0.2) is 24.3 Å². The topological polar surface area (TPSA) is 72.7 Å². The number of carbonyl (C=O) groups excluding carboxylic acids is 1. The minimum absolute atomic E-state index is 0.0221. The summed E-state index contributed by atoms with van der Waals surface area (Å²) < 4.78 is 2.16. The highest BCUT2D eigenvalue weighted by Crippen LogP contribution is 2.35. The number of nitrogens with zero attached hydrogens (tertiary/aromatic N) is 4. The third-order valence-electron chi connectivity index (χ3n) is 5.58. The van der Waals surface area contributed by atoms with E-state index in [0.29, 0.717) is 17.6 Å². The minimum Gasteiger partial charge on any atom is -0.327 e. The van der Waals surface area contributed by atoms with Crippen molar-refractivity contribution < 1.29 is 4.79 Å². The number of hydrogen-bond acceptors (Lipinski definition) is 5. The van der Waals surface area contributed by atoms with Gasteiger partial charge in [0.05, 0.1) is 17.0 Å². The second kappa shape index (κ2) is 8.39. The number of hydrogen-bond donors (Lipinski definition) is 1. The largest absolute Gasteiger partial charge is 0.327 e. The van der Waals surface area contributed by atoms with Gasteiger partial charge in [-0.25, -0.2) is 4.98 Å². The third-order valence-corrected chi connectivity index (χ3v) is 6.58. The molecule has 1 saturated carbocycles. The lowest BCUT2D eigenvalue weighted by Gasteiger charge is -2.18. The molecule has 7 heteroatoms. The van der Waals surface area contributed by atoms with E-state index >= 15 is 0 Å². The van der Waals surface area contributed by atoms with Crippen molar-refractivity contribution in [3.8, 4) is 0 Å². The predicted octanol–water partition coefficient (Wildman–Crippen LogP) is 4.77. The molecule has 1 fully saturated rings. The Morgan fingerprint density at radius 3 is 2.82 bits per heavy atom. The fourth-order valence-electron chi connectivity index (χ4n) is 3.98. The van der Waals surface area contributed by atoms with E-state index in [1.165, 1.54) is 43.4 Å². The first kappa shape index (κ1) is 19.1. The number of amides is 1. The Labute approximate surface area is 169 Å². The van der Waals surface area contributed by atoms with Gasteiger partial charge in [0.2, 0.25) is 11.0 Å². The summed E-state index contributed by atoms with van der Waals surface area (Å²) in [7, 11) is 0. The summed E-state index contributed by atoms with van der Waals surface area (Å²) in [5, 5.41) is 13.2. The van der Waals surface area contributed by atoms with Crippen LogP contribution in [0.4, 0.5) is 5.13 Å². The number of anilines is 1. The van der Waals surface area contributed by atoms with Crippen molar-refractivity contribution >= 4 is 33.4 Å². The van der Waals surface area contributed by atoms with Crippen LogP contribution in [0.25, 0.3) is 11.0 Å². The van der Waals surface area contributed by atoms with E-state index in [2.05, 4.69) is 33.1 Å². The van der Waals surface area contributed by atoms with Crippen LogP contribution < -0.4 is 5.32 Å². The van der Waals surface area contributed by atoms with Crippen molar-refractivity contribution in [1.82, 2.24) is 19.7 Å². The van der Waals surface area contributed by atoms with E-state index in [0.717, 1.165) is 28.3 Å². The molecule has 1 aliphatic carbocycles. The number of nitrogens with one attached hydrogen (secondary N) is 1. The number of rotatable bonds is 6. The number of carbonyl (C=O) groups is 1. The molecule has 2 heterocycles. The average molecular weight is 398 g/mol. The van der Waals surface area contributed by atoms with Crippen molar-refractivity contribution in [2.45, 2.75) is 64.8 Å². The first-order chi connectivity index (χ1) is 13.7. The second-order valence-electron chi connectivity index (χ2n) is 7.65. The van der Waals surface area contributed by atoms with E-state index in [-0.39, 0.29) is 11.8 Å². The van der Waals surface area contributed by atoms with Gasteiger partial charge in [0.1, 0.15) is 10.8 Å². The van der Waals surface area contributed by atoms with Gasteiger partial charge in [-0.2, -0.15) is 0 Å². The first-order valence-electron chi connectivity index (χ1n) is 10.2. The number of aromatic nitrogens is 4. The molecule has 1 atom stereocenters. The first-order valence-corrected chi connectivity index (χ1v) is 11.1. The SMILES string of the molecule is CCc1nc2ccccc2n1CC(C)C(=O)Nc1nnc(C2CCCCC2)s1. The Bertz CT molecular complexity index is 957. The summed E-state index contributed by atoms with van der Waals surface area (Å²) in [6.07, 6.45) is 7.06. The maximum Gasteiger partial charge on any atom is 0.230 e. The van der Waals surface area contributed by atoms with Gasteiger partial charge in [-0.3, -0.25) is 4.79 Å². The Balaban J connectivity index is 1.44. The van der Waals surface area contributed by atoms with Crippen LogP contribution in [0.3, 0.4) is 0 Å². The Morgan fingerprint density at radius 1 is 1.25 bits per heavy atom. The van der Waals surface area contributed by atoms with Crippen molar-refractivity contribution in [2.75, 3.05) is 5.32 Å². The summed E-state index contributed by atoms with van der Waals surface area (Å²) in [5.41, 5.74) is 2.06. The van der Waals surface area contributed by atoms with Gasteiger partial charge >= 0.3 is 0 Å². The van der Waals surface area contributed by atoms with Crippen LogP contribution in [0, 0.1) is 5.92 Å². The number of para-hydroxylation sites is 2. The van der Waals surface area contributed by atoms with Crippen LogP contribution >= 0.6 is 11.3 Å². The van der Waals surface area contributed by atoms with Crippen molar-refractivity contribution in [2.24, 2.45) is 5.92 Å². The van der Waals surface area contributed by atoms with Crippen LogP contribution in [-0.2, 0) is 17.8 Å². The summed E-state index contributed by atoms with van der Waals surface area (Å²) in [4.78, 5) is 17.4. The lowest BCUT2D eigenvalue weighted by molar-refractivity contribution is -0.119. The van der Waals surface area contributed by atoms with E-state index in [1.807, 2.05) is 25.1 Å². The highest BCUT2D eigenvalue weighted by Gasteiger charge is 2.22. The van der Waals surface area contributed by atoms with E-state index in [9.17, 15) is 4.79 Å². The van der Waals surface area contributed by atoms with Gasteiger partial charge in [0, 0.05) is 18.9 Å². The normalized spacial score (nSPS) is 16.4. The molecule has 0 aliphatic heterocycles. The molecule has 1 unspecified atom stereocenters. The molecule has 4 rings (SSSR count). The van der Waals surface area contributed by atoms with Crippen LogP contribution in [0.2, 0.25) is 0 Å².